The minimum atomic E-state index is 0.319. The van der Waals surface area contributed by atoms with E-state index in [1.165, 1.54) is 0 Å². The molecule has 1 fully saturated rings. The van der Waals surface area contributed by atoms with E-state index in [1.807, 2.05) is 13.8 Å². The number of aryl methyl sites for hydroxylation is 2. The van der Waals surface area contributed by atoms with E-state index >= 15 is 0 Å². The van der Waals surface area contributed by atoms with E-state index in [0.29, 0.717) is 18.6 Å². The van der Waals surface area contributed by atoms with Gasteiger partial charge in [0.2, 0.25) is 5.95 Å². The second-order valence-electron chi connectivity index (χ2n) is 4.53. The van der Waals surface area contributed by atoms with Crippen LogP contribution in [-0.4, -0.2) is 46.9 Å². The smallest absolute Gasteiger partial charge is 0.245 e. The molecule has 0 saturated carbocycles. The highest BCUT2D eigenvalue weighted by atomic mass is 35.5. The quantitative estimate of drug-likeness (QED) is 0.780. The maximum atomic E-state index is 5.64. The Labute approximate surface area is 113 Å². The zero-order valence-electron chi connectivity index (χ0n) is 10.9. The fourth-order valence-corrected chi connectivity index (χ4v) is 2.10. The third kappa shape index (κ3) is 3.29. The first-order valence-corrected chi connectivity index (χ1v) is 6.84. The zero-order chi connectivity index (χ0) is 13.0. The summed E-state index contributed by atoms with van der Waals surface area (Å²) in [5.74, 6) is 1.29. The molecule has 0 radical (unpaired) electrons. The average molecular weight is 271 g/mol. The maximum absolute atomic E-state index is 5.64. The zero-order valence-corrected chi connectivity index (χ0v) is 11.7. The molecule has 0 spiro atoms. The molecule has 0 N–H and O–H groups in total. The highest BCUT2D eigenvalue weighted by molar-refractivity contribution is 6.17. The van der Waals surface area contributed by atoms with Crippen LogP contribution in [0.2, 0.25) is 0 Å². The molecule has 0 bridgehead atoms. The minimum absolute atomic E-state index is 0.319. The summed E-state index contributed by atoms with van der Waals surface area (Å²) < 4.78 is 5.64. The summed E-state index contributed by atoms with van der Waals surface area (Å²) in [4.78, 5) is 6.64. The maximum Gasteiger partial charge on any atom is 0.245 e. The Morgan fingerprint density at radius 3 is 2.56 bits per heavy atom. The molecule has 18 heavy (non-hydrogen) atoms. The van der Waals surface area contributed by atoms with Gasteiger partial charge in [0, 0.05) is 19.0 Å². The Morgan fingerprint density at radius 2 is 1.94 bits per heavy atom. The van der Waals surface area contributed by atoms with Crippen molar-refractivity contribution in [2.24, 2.45) is 0 Å². The summed E-state index contributed by atoms with van der Waals surface area (Å²) in [5.41, 5.74) is 1.83. The van der Waals surface area contributed by atoms with Gasteiger partial charge >= 0.3 is 0 Å². The molecule has 1 aromatic heterocycles. The number of piperidine rings is 1. The SMILES string of the molecule is Cc1nnc(N2CCC(OCCCl)CC2)nc1C. The third-order valence-corrected chi connectivity index (χ3v) is 3.39. The molecule has 0 aromatic carbocycles. The lowest BCUT2D eigenvalue weighted by atomic mass is 10.1. The van der Waals surface area contributed by atoms with Gasteiger partial charge in [-0.15, -0.1) is 16.7 Å². The molecular weight excluding hydrogens is 252 g/mol. The highest BCUT2D eigenvalue weighted by Gasteiger charge is 2.21. The normalized spacial score (nSPS) is 17.2. The summed E-state index contributed by atoms with van der Waals surface area (Å²) in [7, 11) is 0. The van der Waals surface area contributed by atoms with Gasteiger partial charge in [-0.25, -0.2) is 4.98 Å². The Balaban J connectivity index is 1.90. The van der Waals surface area contributed by atoms with Crippen LogP contribution in [0.5, 0.6) is 0 Å². The molecule has 0 amide bonds. The number of halogens is 1. The monoisotopic (exact) mass is 270 g/mol. The second kappa shape index (κ2) is 6.29. The molecule has 1 aliphatic rings. The molecule has 0 aliphatic carbocycles. The van der Waals surface area contributed by atoms with Gasteiger partial charge in [0.25, 0.3) is 0 Å². The molecule has 0 unspecified atom stereocenters. The van der Waals surface area contributed by atoms with Gasteiger partial charge in [0.1, 0.15) is 0 Å². The van der Waals surface area contributed by atoms with Crippen molar-refractivity contribution < 1.29 is 4.74 Å². The predicted octanol–water partition coefficient (Wildman–Crippen LogP) is 1.71. The summed E-state index contributed by atoms with van der Waals surface area (Å²) in [6.45, 7) is 6.34. The van der Waals surface area contributed by atoms with Crippen LogP contribution in [0, 0.1) is 13.8 Å². The lowest BCUT2D eigenvalue weighted by molar-refractivity contribution is 0.0469. The van der Waals surface area contributed by atoms with Crippen LogP contribution in [0.3, 0.4) is 0 Å². The van der Waals surface area contributed by atoms with E-state index < -0.39 is 0 Å². The average Bonchev–Trinajstić information content (AvgIpc) is 2.40. The van der Waals surface area contributed by atoms with Crippen LogP contribution in [0.25, 0.3) is 0 Å². The minimum Gasteiger partial charge on any atom is -0.377 e. The molecule has 5 nitrogen and oxygen atoms in total. The van der Waals surface area contributed by atoms with Gasteiger partial charge < -0.3 is 9.64 Å². The highest BCUT2D eigenvalue weighted by Crippen LogP contribution is 2.18. The van der Waals surface area contributed by atoms with E-state index in [-0.39, 0.29) is 0 Å². The number of rotatable bonds is 4. The first-order chi connectivity index (χ1) is 8.70. The lowest BCUT2D eigenvalue weighted by Crippen LogP contribution is -2.38. The van der Waals surface area contributed by atoms with Gasteiger partial charge in [-0.3, -0.25) is 0 Å². The Kier molecular flexibility index (Phi) is 4.72. The van der Waals surface area contributed by atoms with Gasteiger partial charge in [-0.1, -0.05) is 0 Å². The van der Waals surface area contributed by atoms with Crippen LogP contribution >= 0.6 is 11.6 Å². The molecule has 2 rings (SSSR count). The fraction of sp³-hybridized carbons (Fsp3) is 0.750. The largest absolute Gasteiger partial charge is 0.377 e. The van der Waals surface area contributed by atoms with Crippen molar-refractivity contribution in [2.45, 2.75) is 32.8 Å². The molecular formula is C12H19ClN4O. The van der Waals surface area contributed by atoms with Gasteiger partial charge in [0.15, 0.2) is 0 Å². The Hall–Kier alpha value is -0.940. The number of aromatic nitrogens is 3. The summed E-state index contributed by atoms with van der Waals surface area (Å²) in [6.07, 6.45) is 2.31. The molecule has 1 aromatic rings. The van der Waals surface area contributed by atoms with Gasteiger partial charge in [0.05, 0.1) is 24.1 Å². The van der Waals surface area contributed by atoms with Crippen molar-refractivity contribution >= 4 is 17.5 Å². The van der Waals surface area contributed by atoms with Crippen molar-refractivity contribution in [3.63, 3.8) is 0 Å². The predicted molar refractivity (Wildman–Crippen MR) is 71.2 cm³/mol. The van der Waals surface area contributed by atoms with Crippen LogP contribution in [-0.2, 0) is 4.74 Å². The molecule has 100 valence electrons. The topological polar surface area (TPSA) is 51.1 Å². The summed E-state index contributed by atoms with van der Waals surface area (Å²) in [5, 5.41) is 8.27. The Morgan fingerprint density at radius 1 is 1.22 bits per heavy atom. The number of ether oxygens (including phenoxy) is 1. The number of alkyl halides is 1. The van der Waals surface area contributed by atoms with Crippen LogP contribution in [0.1, 0.15) is 24.2 Å². The number of nitrogens with zero attached hydrogens (tertiary/aromatic N) is 4. The van der Waals surface area contributed by atoms with Crippen LogP contribution in [0.4, 0.5) is 5.95 Å². The third-order valence-electron chi connectivity index (χ3n) is 3.24. The van der Waals surface area contributed by atoms with E-state index in [2.05, 4.69) is 20.1 Å². The van der Waals surface area contributed by atoms with Crippen molar-refractivity contribution in [3.8, 4) is 0 Å². The first kappa shape index (κ1) is 13.5. The summed E-state index contributed by atoms with van der Waals surface area (Å²) >= 11 is 5.61. The number of hydrogen-bond donors (Lipinski definition) is 0. The van der Waals surface area contributed by atoms with Gasteiger partial charge in [-0.2, -0.15) is 5.10 Å². The lowest BCUT2D eigenvalue weighted by Gasteiger charge is -2.31. The van der Waals surface area contributed by atoms with Crippen molar-refractivity contribution in [2.75, 3.05) is 30.5 Å². The first-order valence-electron chi connectivity index (χ1n) is 6.31. The Bertz CT molecular complexity index is 394. The fourth-order valence-electron chi connectivity index (χ4n) is 2.01. The summed E-state index contributed by atoms with van der Waals surface area (Å²) in [6, 6.07) is 0. The van der Waals surface area contributed by atoms with Crippen LogP contribution in [0.15, 0.2) is 0 Å². The van der Waals surface area contributed by atoms with Crippen LogP contribution < -0.4 is 4.90 Å². The molecule has 6 heteroatoms. The molecule has 2 heterocycles. The van der Waals surface area contributed by atoms with Crippen molar-refractivity contribution in [3.05, 3.63) is 11.4 Å². The van der Waals surface area contributed by atoms with Crippen molar-refractivity contribution in [1.82, 2.24) is 15.2 Å². The molecule has 0 atom stereocenters. The van der Waals surface area contributed by atoms with E-state index in [9.17, 15) is 0 Å². The molecule has 1 aliphatic heterocycles. The van der Waals surface area contributed by atoms with E-state index in [1.54, 1.807) is 0 Å². The van der Waals surface area contributed by atoms with Crippen molar-refractivity contribution in [1.29, 1.82) is 0 Å². The standard InChI is InChI=1S/C12H19ClN4O/c1-9-10(2)15-16-12(14-9)17-6-3-11(4-7-17)18-8-5-13/h11H,3-8H2,1-2H3. The second-order valence-corrected chi connectivity index (χ2v) is 4.91. The number of hydrogen-bond acceptors (Lipinski definition) is 5. The van der Waals surface area contributed by atoms with E-state index in [4.69, 9.17) is 16.3 Å². The molecule has 1 saturated heterocycles. The van der Waals surface area contributed by atoms with Gasteiger partial charge in [-0.05, 0) is 26.7 Å². The van der Waals surface area contributed by atoms with E-state index in [0.717, 1.165) is 43.3 Å². The number of anilines is 1.